The summed E-state index contributed by atoms with van der Waals surface area (Å²) in [4.78, 5) is 25.4. The summed E-state index contributed by atoms with van der Waals surface area (Å²) in [6.45, 7) is 4.04. The predicted molar refractivity (Wildman–Crippen MR) is 92.8 cm³/mol. The van der Waals surface area contributed by atoms with Gasteiger partial charge in [-0.15, -0.1) is 0 Å². The fourth-order valence-electron chi connectivity index (χ4n) is 2.96. The van der Waals surface area contributed by atoms with Crippen LogP contribution in [-0.4, -0.2) is 11.6 Å². The van der Waals surface area contributed by atoms with Crippen molar-refractivity contribution >= 4 is 17.1 Å². The largest absolute Gasteiger partial charge is 0.289 e. The van der Waals surface area contributed by atoms with Crippen LogP contribution in [0.5, 0.6) is 0 Å². The van der Waals surface area contributed by atoms with Gasteiger partial charge in [-0.3, -0.25) is 9.59 Å². The molecule has 2 aromatic carbocycles. The average Bonchev–Trinajstić information content (AvgIpc) is 2.59. The molecular weight excluding hydrogens is 284 g/mol. The lowest BCUT2D eigenvalue weighted by atomic mass is 9.82. The molecule has 2 heteroatoms. The number of hydrogen-bond acceptors (Lipinski definition) is 2. The van der Waals surface area contributed by atoms with E-state index in [1.807, 2.05) is 31.2 Å². The third-order valence-electron chi connectivity index (χ3n) is 4.03. The molecule has 0 spiro atoms. The van der Waals surface area contributed by atoms with Crippen LogP contribution >= 0.6 is 0 Å². The first kappa shape index (κ1) is 15.2. The van der Waals surface area contributed by atoms with E-state index >= 15 is 0 Å². The summed E-state index contributed by atoms with van der Waals surface area (Å²) in [6.07, 6.45) is 7.02. The van der Waals surface area contributed by atoms with Gasteiger partial charge in [0.2, 0.25) is 0 Å². The van der Waals surface area contributed by atoms with Crippen LogP contribution < -0.4 is 0 Å². The quantitative estimate of drug-likeness (QED) is 0.649. The first-order valence-corrected chi connectivity index (χ1v) is 7.83. The number of hydrogen-bond donors (Lipinski definition) is 0. The van der Waals surface area contributed by atoms with Gasteiger partial charge in [0.15, 0.2) is 11.6 Å². The first-order chi connectivity index (χ1) is 11.2. The van der Waals surface area contributed by atoms with Gasteiger partial charge in [0, 0.05) is 22.3 Å². The van der Waals surface area contributed by atoms with Crippen molar-refractivity contribution < 1.29 is 9.59 Å². The molecular formula is C21H18O2. The molecule has 2 aromatic rings. The van der Waals surface area contributed by atoms with Crippen molar-refractivity contribution in [2.75, 3.05) is 0 Å². The standard InChI is InChI=1S/C21H18O2/c1-3-7-14(8-4-2)15-11-12-18-19(13-15)21(23)17-10-6-5-9-16(17)20(18)22/h3,5-13H,4H2,1-2H3/b7-3-,14-8+. The molecule has 0 aliphatic heterocycles. The maximum absolute atomic E-state index is 12.8. The molecule has 0 atom stereocenters. The van der Waals surface area contributed by atoms with Crippen molar-refractivity contribution in [1.29, 1.82) is 0 Å². The smallest absolute Gasteiger partial charge is 0.194 e. The molecule has 0 aromatic heterocycles. The Morgan fingerprint density at radius 1 is 0.913 bits per heavy atom. The second-order valence-corrected chi connectivity index (χ2v) is 5.53. The summed E-state index contributed by atoms with van der Waals surface area (Å²) in [5.41, 5.74) is 4.01. The van der Waals surface area contributed by atoms with Crippen LogP contribution in [0.15, 0.2) is 60.7 Å². The van der Waals surface area contributed by atoms with Gasteiger partial charge in [-0.1, -0.05) is 55.5 Å². The van der Waals surface area contributed by atoms with Crippen molar-refractivity contribution in [2.24, 2.45) is 0 Å². The van der Waals surface area contributed by atoms with E-state index in [0.717, 1.165) is 17.6 Å². The lowest BCUT2D eigenvalue weighted by molar-refractivity contribution is 0.0979. The summed E-state index contributed by atoms with van der Waals surface area (Å²) in [7, 11) is 0. The Morgan fingerprint density at radius 3 is 2.13 bits per heavy atom. The maximum Gasteiger partial charge on any atom is 0.194 e. The molecule has 0 amide bonds. The Labute approximate surface area is 136 Å². The molecule has 0 heterocycles. The van der Waals surface area contributed by atoms with E-state index in [9.17, 15) is 9.59 Å². The van der Waals surface area contributed by atoms with Gasteiger partial charge in [0.05, 0.1) is 0 Å². The van der Waals surface area contributed by atoms with Crippen LogP contribution in [0.2, 0.25) is 0 Å². The van der Waals surface area contributed by atoms with Gasteiger partial charge < -0.3 is 0 Å². The number of allylic oxidation sites excluding steroid dienone is 4. The van der Waals surface area contributed by atoms with Crippen LogP contribution in [0, 0.1) is 0 Å². The van der Waals surface area contributed by atoms with Crippen LogP contribution in [0.4, 0.5) is 0 Å². The van der Waals surface area contributed by atoms with Gasteiger partial charge in [-0.05, 0) is 36.6 Å². The van der Waals surface area contributed by atoms with Gasteiger partial charge in [0.1, 0.15) is 0 Å². The predicted octanol–water partition coefficient (Wildman–Crippen LogP) is 4.83. The van der Waals surface area contributed by atoms with Gasteiger partial charge in [0.25, 0.3) is 0 Å². The highest BCUT2D eigenvalue weighted by atomic mass is 16.1. The van der Waals surface area contributed by atoms with Crippen molar-refractivity contribution in [3.8, 4) is 0 Å². The highest BCUT2D eigenvalue weighted by Crippen LogP contribution is 2.29. The Morgan fingerprint density at radius 2 is 1.52 bits per heavy atom. The van der Waals surface area contributed by atoms with Gasteiger partial charge in [-0.2, -0.15) is 0 Å². The van der Waals surface area contributed by atoms with E-state index in [4.69, 9.17) is 0 Å². The minimum absolute atomic E-state index is 0.0752. The number of fused-ring (bicyclic) bond motifs is 2. The monoisotopic (exact) mass is 302 g/mol. The number of carbonyl (C=O) groups excluding carboxylic acids is 2. The zero-order valence-corrected chi connectivity index (χ0v) is 13.3. The second kappa shape index (κ2) is 6.17. The third-order valence-corrected chi connectivity index (χ3v) is 4.03. The van der Waals surface area contributed by atoms with Crippen LogP contribution in [0.1, 0.15) is 57.7 Å². The highest BCUT2D eigenvalue weighted by molar-refractivity contribution is 6.28. The highest BCUT2D eigenvalue weighted by Gasteiger charge is 2.29. The molecule has 0 fully saturated rings. The molecule has 1 aliphatic rings. The minimum atomic E-state index is -0.0756. The molecule has 0 N–H and O–H groups in total. The minimum Gasteiger partial charge on any atom is -0.289 e. The fraction of sp³-hybridized carbons (Fsp3) is 0.143. The van der Waals surface area contributed by atoms with E-state index in [2.05, 4.69) is 13.0 Å². The number of carbonyl (C=O) groups is 2. The SMILES string of the molecule is C/C=C\C(=C/CC)c1ccc2c(c1)C(=O)c1ccccc1C2=O. The van der Waals surface area contributed by atoms with Crippen LogP contribution in [0.25, 0.3) is 5.57 Å². The van der Waals surface area contributed by atoms with Crippen molar-refractivity contribution in [1.82, 2.24) is 0 Å². The third kappa shape index (κ3) is 2.57. The van der Waals surface area contributed by atoms with Crippen molar-refractivity contribution in [3.05, 3.63) is 88.5 Å². The normalized spacial score (nSPS) is 14.1. The molecule has 0 saturated heterocycles. The fourth-order valence-corrected chi connectivity index (χ4v) is 2.96. The Bertz CT molecular complexity index is 854. The number of ketones is 2. The average molecular weight is 302 g/mol. The first-order valence-electron chi connectivity index (χ1n) is 7.83. The van der Waals surface area contributed by atoms with E-state index in [1.54, 1.807) is 30.3 Å². The molecule has 0 bridgehead atoms. The molecule has 0 radical (unpaired) electrons. The lowest BCUT2D eigenvalue weighted by Crippen LogP contribution is -2.20. The Balaban J connectivity index is 2.16. The summed E-state index contributed by atoms with van der Waals surface area (Å²) in [5, 5.41) is 0. The van der Waals surface area contributed by atoms with Gasteiger partial charge in [-0.25, -0.2) is 0 Å². The molecule has 1 aliphatic carbocycles. The summed E-state index contributed by atoms with van der Waals surface area (Å²) in [6, 6.07) is 12.5. The summed E-state index contributed by atoms with van der Waals surface area (Å²) < 4.78 is 0. The van der Waals surface area contributed by atoms with Crippen molar-refractivity contribution in [3.63, 3.8) is 0 Å². The molecule has 114 valence electrons. The number of benzene rings is 2. The van der Waals surface area contributed by atoms with E-state index in [1.165, 1.54) is 0 Å². The second-order valence-electron chi connectivity index (χ2n) is 5.53. The Hall–Kier alpha value is -2.74. The summed E-state index contributed by atoms with van der Waals surface area (Å²) >= 11 is 0. The zero-order chi connectivity index (χ0) is 16.4. The van der Waals surface area contributed by atoms with Crippen LogP contribution in [-0.2, 0) is 0 Å². The van der Waals surface area contributed by atoms with Gasteiger partial charge >= 0.3 is 0 Å². The number of rotatable bonds is 3. The lowest BCUT2D eigenvalue weighted by Gasteiger charge is -2.18. The van der Waals surface area contributed by atoms with E-state index < -0.39 is 0 Å². The maximum atomic E-state index is 12.8. The van der Waals surface area contributed by atoms with Crippen LogP contribution in [0.3, 0.4) is 0 Å². The molecule has 23 heavy (non-hydrogen) atoms. The van der Waals surface area contributed by atoms with E-state index in [-0.39, 0.29) is 11.6 Å². The summed E-state index contributed by atoms with van der Waals surface area (Å²) in [5.74, 6) is -0.151. The topological polar surface area (TPSA) is 34.1 Å². The van der Waals surface area contributed by atoms with E-state index in [0.29, 0.717) is 22.3 Å². The Kier molecular flexibility index (Phi) is 4.07. The molecule has 3 rings (SSSR count). The molecule has 0 unspecified atom stereocenters. The van der Waals surface area contributed by atoms with Crippen molar-refractivity contribution in [2.45, 2.75) is 20.3 Å². The molecule has 2 nitrogen and oxygen atoms in total. The zero-order valence-electron chi connectivity index (χ0n) is 13.3. The molecule has 0 saturated carbocycles.